The van der Waals surface area contributed by atoms with E-state index in [2.05, 4.69) is 20.2 Å². The Balaban J connectivity index is 1.75. The van der Waals surface area contributed by atoms with Crippen molar-refractivity contribution in [3.8, 4) is 0 Å². The zero-order valence-corrected chi connectivity index (χ0v) is 16.8. The van der Waals surface area contributed by atoms with Gasteiger partial charge in [-0.1, -0.05) is 6.07 Å². The van der Waals surface area contributed by atoms with Crippen molar-refractivity contribution in [1.29, 1.82) is 0 Å². The van der Waals surface area contributed by atoms with Crippen molar-refractivity contribution in [1.82, 2.24) is 10.2 Å². The molecule has 0 saturated carbocycles. The molecule has 0 saturated heterocycles. The number of alkyl halides is 3. The van der Waals surface area contributed by atoms with Crippen LogP contribution in [0.1, 0.15) is 5.56 Å². The maximum atomic E-state index is 12.8. The number of hydrogen-bond donors (Lipinski definition) is 2. The molecule has 1 aromatic heterocycles. The molecule has 3 rings (SSSR count). The monoisotopic (exact) mass is 437 g/mol. The molecule has 2 aromatic carbocycles. The first-order valence-corrected chi connectivity index (χ1v) is 10.1. The van der Waals surface area contributed by atoms with Gasteiger partial charge in [0, 0.05) is 31.5 Å². The molecule has 1 heterocycles. The summed E-state index contributed by atoms with van der Waals surface area (Å²) in [4.78, 5) is 1.39. The Morgan fingerprint density at radius 2 is 1.63 bits per heavy atom. The van der Waals surface area contributed by atoms with E-state index in [0.29, 0.717) is 17.6 Å². The summed E-state index contributed by atoms with van der Waals surface area (Å²) in [6, 6.07) is 11.5. The summed E-state index contributed by atoms with van der Waals surface area (Å²) >= 11 is 0. The first-order chi connectivity index (χ1) is 14.0. The Morgan fingerprint density at radius 1 is 0.967 bits per heavy atom. The van der Waals surface area contributed by atoms with Gasteiger partial charge in [-0.05, 0) is 42.5 Å². The Kier molecular flexibility index (Phi) is 5.83. The fourth-order valence-corrected chi connectivity index (χ4v) is 3.59. The van der Waals surface area contributed by atoms with Crippen LogP contribution in [-0.4, -0.2) is 32.7 Å². The number of sulfonamides is 1. The van der Waals surface area contributed by atoms with E-state index in [1.165, 1.54) is 12.1 Å². The average molecular weight is 437 g/mol. The molecule has 0 unspecified atom stereocenters. The lowest BCUT2D eigenvalue weighted by Crippen LogP contribution is -2.14. The van der Waals surface area contributed by atoms with Crippen molar-refractivity contribution in [3.05, 3.63) is 66.4 Å². The van der Waals surface area contributed by atoms with E-state index in [1.54, 1.807) is 24.4 Å². The molecule has 0 bridgehead atoms. The van der Waals surface area contributed by atoms with Crippen LogP contribution in [0.15, 0.2) is 65.7 Å². The van der Waals surface area contributed by atoms with Crippen molar-refractivity contribution >= 4 is 32.9 Å². The fourth-order valence-electron chi connectivity index (χ4n) is 2.49. The molecule has 0 fully saturated rings. The third kappa shape index (κ3) is 5.17. The van der Waals surface area contributed by atoms with Gasteiger partial charge in [-0.2, -0.15) is 18.3 Å². The molecular weight excluding hydrogens is 419 g/mol. The van der Waals surface area contributed by atoms with Gasteiger partial charge in [0.25, 0.3) is 10.0 Å². The summed E-state index contributed by atoms with van der Waals surface area (Å²) in [6.45, 7) is 0. The Morgan fingerprint density at radius 3 is 2.27 bits per heavy atom. The topological polar surface area (TPSA) is 87.2 Å². The molecule has 0 aliphatic heterocycles. The van der Waals surface area contributed by atoms with E-state index in [0.717, 1.165) is 23.9 Å². The number of anilines is 4. The lowest BCUT2D eigenvalue weighted by atomic mass is 10.2. The third-order valence-corrected chi connectivity index (χ3v) is 5.42. The zero-order chi connectivity index (χ0) is 21.9. The molecule has 0 spiro atoms. The highest BCUT2D eigenvalue weighted by atomic mass is 32.2. The number of nitrogens with zero attached hydrogens (tertiary/aromatic N) is 3. The lowest BCUT2D eigenvalue weighted by molar-refractivity contribution is -0.137. The zero-order valence-electron chi connectivity index (χ0n) is 16.0. The first-order valence-electron chi connectivity index (χ1n) is 8.62. The molecule has 0 aliphatic carbocycles. The minimum absolute atomic E-state index is 0.200. The van der Waals surface area contributed by atoms with Crippen LogP contribution >= 0.6 is 0 Å². The van der Waals surface area contributed by atoms with Gasteiger partial charge in [0.05, 0.1) is 22.3 Å². The van der Waals surface area contributed by atoms with Gasteiger partial charge in [0.1, 0.15) is 0 Å². The van der Waals surface area contributed by atoms with E-state index < -0.39 is 26.7 Å². The van der Waals surface area contributed by atoms with Crippen LogP contribution < -0.4 is 14.9 Å². The Labute approximate surface area is 171 Å². The second-order valence-corrected chi connectivity index (χ2v) is 8.21. The molecule has 0 aliphatic rings. The third-order valence-electron chi connectivity index (χ3n) is 4.04. The van der Waals surface area contributed by atoms with Crippen molar-refractivity contribution in [2.75, 3.05) is 29.0 Å². The van der Waals surface area contributed by atoms with E-state index in [4.69, 9.17) is 0 Å². The number of hydrogen-bond acceptors (Lipinski definition) is 6. The molecule has 11 heteroatoms. The van der Waals surface area contributed by atoms with Gasteiger partial charge in [-0.3, -0.25) is 4.72 Å². The SMILES string of the molecule is CN(C)c1cnnc(Nc2ccc(NS(=O)(=O)c3cccc(C(F)(F)F)c3)cc2)c1. The van der Waals surface area contributed by atoms with Crippen LogP contribution in [0.2, 0.25) is 0 Å². The fraction of sp³-hybridized carbons (Fsp3) is 0.158. The largest absolute Gasteiger partial charge is 0.416 e. The summed E-state index contributed by atoms with van der Waals surface area (Å²) in [6.07, 6.45) is -3.03. The van der Waals surface area contributed by atoms with Crippen LogP contribution in [0.4, 0.5) is 36.1 Å². The molecular formula is C19H18F3N5O2S. The number of benzene rings is 2. The standard InChI is InChI=1S/C19H18F3N5O2S/c1-27(2)16-11-18(25-23-12-16)24-14-6-8-15(9-7-14)26-30(28,29)17-5-3-4-13(10-17)19(20,21)22/h3-12,26H,1-2H3,(H,24,25). The number of aromatic nitrogens is 2. The maximum Gasteiger partial charge on any atom is 0.416 e. The predicted octanol–water partition coefficient (Wildman–Crippen LogP) is 4.11. The number of nitrogens with one attached hydrogen (secondary N) is 2. The summed E-state index contributed by atoms with van der Waals surface area (Å²) in [7, 11) is -0.447. The Bertz CT molecular complexity index is 1130. The number of rotatable bonds is 6. The maximum absolute atomic E-state index is 12.8. The Hall–Kier alpha value is -3.34. The quantitative estimate of drug-likeness (QED) is 0.604. The molecule has 158 valence electrons. The van der Waals surface area contributed by atoms with Gasteiger partial charge in [0.2, 0.25) is 0 Å². The smallest absolute Gasteiger partial charge is 0.376 e. The van der Waals surface area contributed by atoms with Crippen molar-refractivity contribution in [3.63, 3.8) is 0 Å². The number of halogens is 3. The van der Waals surface area contributed by atoms with Gasteiger partial charge < -0.3 is 10.2 Å². The van der Waals surface area contributed by atoms with Crippen molar-refractivity contribution < 1.29 is 21.6 Å². The first kappa shape index (κ1) is 21.4. The summed E-state index contributed by atoms with van der Waals surface area (Å²) < 4.78 is 65.7. The normalized spacial score (nSPS) is 11.8. The summed E-state index contributed by atoms with van der Waals surface area (Å²) in [5, 5.41) is 10.9. The molecule has 2 N–H and O–H groups in total. The van der Waals surface area contributed by atoms with Crippen molar-refractivity contribution in [2.45, 2.75) is 11.1 Å². The highest BCUT2D eigenvalue weighted by Crippen LogP contribution is 2.31. The van der Waals surface area contributed by atoms with Gasteiger partial charge >= 0.3 is 6.18 Å². The van der Waals surface area contributed by atoms with Crippen LogP contribution in [0.3, 0.4) is 0 Å². The van der Waals surface area contributed by atoms with Crippen LogP contribution in [-0.2, 0) is 16.2 Å². The molecule has 30 heavy (non-hydrogen) atoms. The summed E-state index contributed by atoms with van der Waals surface area (Å²) in [5.41, 5.74) is 0.636. The minimum atomic E-state index is -4.63. The van der Waals surface area contributed by atoms with Crippen LogP contribution in [0.25, 0.3) is 0 Å². The van der Waals surface area contributed by atoms with Crippen LogP contribution in [0, 0.1) is 0 Å². The van der Waals surface area contributed by atoms with Crippen molar-refractivity contribution in [2.24, 2.45) is 0 Å². The molecule has 3 aromatic rings. The second kappa shape index (κ2) is 8.19. The van der Waals surface area contributed by atoms with Gasteiger partial charge in [-0.15, -0.1) is 5.10 Å². The molecule has 7 nitrogen and oxygen atoms in total. The van der Waals surface area contributed by atoms with E-state index in [-0.39, 0.29) is 5.69 Å². The van der Waals surface area contributed by atoms with E-state index >= 15 is 0 Å². The van der Waals surface area contributed by atoms with Crippen LogP contribution in [0.5, 0.6) is 0 Å². The molecule has 0 radical (unpaired) electrons. The average Bonchev–Trinajstić information content (AvgIpc) is 2.69. The summed E-state index contributed by atoms with van der Waals surface area (Å²) in [5.74, 6) is 0.499. The van der Waals surface area contributed by atoms with Gasteiger partial charge in [0.15, 0.2) is 5.82 Å². The lowest BCUT2D eigenvalue weighted by Gasteiger charge is -2.13. The molecule has 0 amide bonds. The highest BCUT2D eigenvalue weighted by molar-refractivity contribution is 7.92. The van der Waals surface area contributed by atoms with E-state index in [9.17, 15) is 21.6 Å². The molecule has 0 atom stereocenters. The van der Waals surface area contributed by atoms with E-state index in [1.807, 2.05) is 19.0 Å². The van der Waals surface area contributed by atoms with Gasteiger partial charge in [-0.25, -0.2) is 8.42 Å². The second-order valence-electron chi connectivity index (χ2n) is 6.53. The minimum Gasteiger partial charge on any atom is -0.376 e. The highest BCUT2D eigenvalue weighted by Gasteiger charge is 2.31. The predicted molar refractivity (Wildman–Crippen MR) is 108 cm³/mol.